The molecule has 1 amide bonds. The lowest BCUT2D eigenvalue weighted by atomic mass is 9.75. The molecule has 0 aromatic rings. The Morgan fingerprint density at radius 3 is 2.52 bits per heavy atom. The summed E-state index contributed by atoms with van der Waals surface area (Å²) in [4.78, 5) is 12.1. The van der Waals surface area contributed by atoms with Crippen molar-refractivity contribution < 1.29 is 9.53 Å². The molecule has 3 nitrogen and oxygen atoms in total. The topological polar surface area (TPSA) is 38.3 Å². The summed E-state index contributed by atoms with van der Waals surface area (Å²) >= 11 is 0. The van der Waals surface area contributed by atoms with Gasteiger partial charge >= 0.3 is 6.09 Å². The maximum absolute atomic E-state index is 12.1. The van der Waals surface area contributed by atoms with Gasteiger partial charge in [-0.15, -0.1) is 0 Å². The number of hydrogen-bond acceptors (Lipinski definition) is 2. The maximum atomic E-state index is 12.1. The van der Waals surface area contributed by atoms with Gasteiger partial charge in [0.15, 0.2) is 0 Å². The van der Waals surface area contributed by atoms with Crippen LogP contribution in [-0.4, -0.2) is 18.7 Å². The first-order valence-corrected chi connectivity index (χ1v) is 9.00. The van der Waals surface area contributed by atoms with Gasteiger partial charge in [0.2, 0.25) is 0 Å². The summed E-state index contributed by atoms with van der Waals surface area (Å²) in [6, 6.07) is 0. The van der Waals surface area contributed by atoms with E-state index in [0.717, 1.165) is 13.0 Å². The van der Waals surface area contributed by atoms with Gasteiger partial charge in [-0.1, -0.05) is 46.5 Å². The SMILES string of the molecule is CC1CCC(C(C)C)C(OC(=O)NCC2CCCCC2)C1. The molecule has 3 heteroatoms. The quantitative estimate of drug-likeness (QED) is 0.812. The van der Waals surface area contributed by atoms with Crippen molar-refractivity contribution in [2.75, 3.05) is 6.54 Å². The summed E-state index contributed by atoms with van der Waals surface area (Å²) in [6.45, 7) is 7.56. The van der Waals surface area contributed by atoms with E-state index in [1.165, 1.54) is 44.9 Å². The first-order valence-electron chi connectivity index (χ1n) is 9.00. The summed E-state index contributed by atoms with van der Waals surface area (Å²) in [5, 5.41) is 3.01. The van der Waals surface area contributed by atoms with Crippen LogP contribution in [0.1, 0.15) is 72.1 Å². The molecule has 122 valence electrons. The molecule has 0 bridgehead atoms. The number of rotatable bonds is 4. The van der Waals surface area contributed by atoms with Crippen molar-refractivity contribution in [2.24, 2.45) is 23.7 Å². The standard InChI is InChI=1S/C18H33NO2/c1-13(2)16-10-9-14(3)11-17(16)21-18(20)19-12-15-7-5-4-6-8-15/h13-17H,4-12H2,1-3H3,(H,19,20). The van der Waals surface area contributed by atoms with E-state index in [4.69, 9.17) is 4.74 Å². The maximum Gasteiger partial charge on any atom is 0.407 e. The average molecular weight is 295 g/mol. The summed E-state index contributed by atoms with van der Waals surface area (Å²) in [6.07, 6.45) is 9.92. The lowest BCUT2D eigenvalue weighted by Gasteiger charge is -2.36. The third kappa shape index (κ3) is 5.19. The van der Waals surface area contributed by atoms with Crippen LogP contribution in [0.4, 0.5) is 4.79 Å². The van der Waals surface area contributed by atoms with Crippen LogP contribution in [0.3, 0.4) is 0 Å². The molecular formula is C18H33NO2. The third-order valence-electron chi connectivity index (χ3n) is 5.48. The Bertz CT molecular complexity index is 323. The van der Waals surface area contributed by atoms with Crippen molar-refractivity contribution in [1.29, 1.82) is 0 Å². The second kappa shape index (κ2) is 8.05. The van der Waals surface area contributed by atoms with Crippen LogP contribution in [-0.2, 0) is 4.74 Å². The van der Waals surface area contributed by atoms with E-state index in [0.29, 0.717) is 23.7 Å². The number of amides is 1. The zero-order valence-electron chi connectivity index (χ0n) is 14.1. The lowest BCUT2D eigenvalue weighted by molar-refractivity contribution is 0.00567. The second-order valence-corrected chi connectivity index (χ2v) is 7.65. The minimum atomic E-state index is -0.190. The molecule has 0 radical (unpaired) electrons. The van der Waals surface area contributed by atoms with E-state index in [2.05, 4.69) is 26.1 Å². The average Bonchev–Trinajstić information content (AvgIpc) is 2.46. The van der Waals surface area contributed by atoms with Gasteiger partial charge in [0.25, 0.3) is 0 Å². The molecule has 0 aliphatic heterocycles. The smallest absolute Gasteiger partial charge is 0.407 e. The lowest BCUT2D eigenvalue weighted by Crippen LogP contribution is -2.40. The molecule has 0 heterocycles. The van der Waals surface area contributed by atoms with Crippen LogP contribution in [0.15, 0.2) is 0 Å². The van der Waals surface area contributed by atoms with Gasteiger partial charge in [-0.2, -0.15) is 0 Å². The van der Waals surface area contributed by atoms with Crippen molar-refractivity contribution in [3.8, 4) is 0 Å². The van der Waals surface area contributed by atoms with E-state index in [1.807, 2.05) is 0 Å². The predicted molar refractivity (Wildman–Crippen MR) is 86.2 cm³/mol. The fourth-order valence-electron chi connectivity index (χ4n) is 4.05. The Labute approximate surface area is 130 Å². The summed E-state index contributed by atoms with van der Waals surface area (Å²) in [7, 11) is 0. The molecule has 1 N–H and O–H groups in total. The minimum Gasteiger partial charge on any atom is -0.446 e. The van der Waals surface area contributed by atoms with E-state index in [1.54, 1.807) is 0 Å². The first kappa shape index (κ1) is 16.6. The van der Waals surface area contributed by atoms with Gasteiger partial charge in [0, 0.05) is 6.54 Å². The van der Waals surface area contributed by atoms with E-state index in [9.17, 15) is 4.79 Å². The zero-order chi connectivity index (χ0) is 15.2. The number of carbonyl (C=O) groups is 1. The monoisotopic (exact) mass is 295 g/mol. The highest BCUT2D eigenvalue weighted by molar-refractivity contribution is 5.67. The molecule has 0 spiro atoms. The molecule has 2 rings (SSSR count). The molecule has 2 fully saturated rings. The Hall–Kier alpha value is -0.730. The van der Waals surface area contributed by atoms with Gasteiger partial charge in [-0.3, -0.25) is 0 Å². The highest BCUT2D eigenvalue weighted by Crippen LogP contribution is 2.35. The first-order chi connectivity index (χ1) is 10.1. The van der Waals surface area contributed by atoms with Crippen molar-refractivity contribution >= 4 is 6.09 Å². The number of ether oxygens (including phenoxy) is 1. The van der Waals surface area contributed by atoms with Crippen molar-refractivity contribution in [3.05, 3.63) is 0 Å². The Morgan fingerprint density at radius 1 is 1.14 bits per heavy atom. The van der Waals surface area contributed by atoms with Crippen LogP contribution in [0.25, 0.3) is 0 Å². The Balaban J connectivity index is 1.76. The van der Waals surface area contributed by atoms with Crippen molar-refractivity contribution in [1.82, 2.24) is 5.32 Å². The van der Waals surface area contributed by atoms with E-state index >= 15 is 0 Å². The van der Waals surface area contributed by atoms with Crippen molar-refractivity contribution in [3.63, 3.8) is 0 Å². The number of carbonyl (C=O) groups excluding carboxylic acids is 1. The number of alkyl carbamates (subject to hydrolysis) is 1. The predicted octanol–water partition coefficient (Wildman–Crippen LogP) is 4.75. The summed E-state index contributed by atoms with van der Waals surface area (Å²) < 4.78 is 5.78. The minimum absolute atomic E-state index is 0.111. The van der Waals surface area contributed by atoms with Crippen molar-refractivity contribution in [2.45, 2.75) is 78.2 Å². The molecule has 0 saturated heterocycles. The molecule has 2 saturated carbocycles. The second-order valence-electron chi connectivity index (χ2n) is 7.65. The van der Waals surface area contributed by atoms with Crippen LogP contribution < -0.4 is 5.32 Å². The molecule has 3 unspecified atom stereocenters. The fourth-order valence-corrected chi connectivity index (χ4v) is 4.05. The van der Waals surface area contributed by atoms with E-state index < -0.39 is 0 Å². The number of nitrogens with one attached hydrogen (secondary N) is 1. The summed E-state index contributed by atoms with van der Waals surface area (Å²) in [5.41, 5.74) is 0. The van der Waals surface area contributed by atoms with Gasteiger partial charge in [-0.05, 0) is 49.4 Å². The van der Waals surface area contributed by atoms with Gasteiger partial charge in [-0.25, -0.2) is 4.79 Å². The third-order valence-corrected chi connectivity index (χ3v) is 5.48. The Morgan fingerprint density at radius 2 is 1.86 bits per heavy atom. The van der Waals surface area contributed by atoms with Crippen LogP contribution >= 0.6 is 0 Å². The van der Waals surface area contributed by atoms with Crippen LogP contribution in [0, 0.1) is 23.7 Å². The highest BCUT2D eigenvalue weighted by Gasteiger charge is 2.33. The highest BCUT2D eigenvalue weighted by atomic mass is 16.6. The van der Waals surface area contributed by atoms with Crippen LogP contribution in [0.2, 0.25) is 0 Å². The van der Waals surface area contributed by atoms with Gasteiger partial charge in [0.05, 0.1) is 0 Å². The van der Waals surface area contributed by atoms with E-state index in [-0.39, 0.29) is 12.2 Å². The van der Waals surface area contributed by atoms with Gasteiger partial charge < -0.3 is 10.1 Å². The summed E-state index contributed by atoms with van der Waals surface area (Å²) in [5.74, 6) is 2.46. The molecule has 0 aromatic heterocycles. The molecule has 2 aliphatic rings. The molecular weight excluding hydrogens is 262 g/mol. The molecule has 3 atom stereocenters. The largest absolute Gasteiger partial charge is 0.446 e. The van der Waals surface area contributed by atoms with Crippen LogP contribution in [0.5, 0.6) is 0 Å². The zero-order valence-corrected chi connectivity index (χ0v) is 14.1. The van der Waals surface area contributed by atoms with Gasteiger partial charge in [0.1, 0.15) is 6.10 Å². The molecule has 0 aromatic carbocycles. The molecule has 2 aliphatic carbocycles. The fraction of sp³-hybridized carbons (Fsp3) is 0.944. The Kier molecular flexibility index (Phi) is 6.38. The number of hydrogen-bond donors (Lipinski definition) is 1. The molecule has 21 heavy (non-hydrogen) atoms. The normalized spacial score (nSPS) is 31.1.